The number of anilines is 1. The summed E-state index contributed by atoms with van der Waals surface area (Å²) < 4.78 is 48.4. The van der Waals surface area contributed by atoms with Gasteiger partial charge in [0.15, 0.2) is 5.82 Å². The van der Waals surface area contributed by atoms with Crippen molar-refractivity contribution in [3.05, 3.63) is 100 Å². The average Bonchev–Trinajstić information content (AvgIpc) is 3.49. The first-order chi connectivity index (χ1) is 21.5. The van der Waals surface area contributed by atoms with Crippen molar-refractivity contribution in [1.82, 2.24) is 24.8 Å². The van der Waals surface area contributed by atoms with E-state index in [9.17, 15) is 18.0 Å². The Morgan fingerprint density at radius 1 is 1.00 bits per heavy atom. The van der Waals surface area contributed by atoms with Gasteiger partial charge in [-0.1, -0.05) is 47.5 Å². The molecular formula is C33H30ClF3N6O2. The van der Waals surface area contributed by atoms with Crippen molar-refractivity contribution in [2.75, 3.05) is 38.5 Å². The number of rotatable bonds is 7. The van der Waals surface area contributed by atoms with Crippen LogP contribution in [0, 0.1) is 6.92 Å². The first kappa shape index (κ1) is 30.6. The van der Waals surface area contributed by atoms with Gasteiger partial charge in [-0.25, -0.2) is 4.98 Å². The van der Waals surface area contributed by atoms with Crippen LogP contribution in [0.25, 0.3) is 22.4 Å². The zero-order valence-corrected chi connectivity index (χ0v) is 25.3. The predicted molar refractivity (Wildman–Crippen MR) is 168 cm³/mol. The fourth-order valence-electron chi connectivity index (χ4n) is 5.16. The van der Waals surface area contributed by atoms with E-state index in [1.54, 1.807) is 18.3 Å². The van der Waals surface area contributed by atoms with Gasteiger partial charge in [0.2, 0.25) is 5.88 Å². The molecular weight excluding hydrogens is 605 g/mol. The van der Waals surface area contributed by atoms with Gasteiger partial charge in [0.1, 0.15) is 11.3 Å². The van der Waals surface area contributed by atoms with Crippen LogP contribution in [0.15, 0.2) is 72.9 Å². The summed E-state index contributed by atoms with van der Waals surface area (Å²) in [5, 5.41) is 2.82. The van der Waals surface area contributed by atoms with Gasteiger partial charge in [0, 0.05) is 56.1 Å². The number of H-pyrrole nitrogens is 1. The maximum atomic E-state index is 14.1. The molecule has 5 aromatic rings. The zero-order chi connectivity index (χ0) is 31.7. The number of hydrogen-bond acceptors (Lipinski definition) is 6. The lowest BCUT2D eigenvalue weighted by Crippen LogP contribution is -2.44. The number of hydrogen-bond donors (Lipinski definition) is 2. The molecule has 1 saturated heterocycles. The van der Waals surface area contributed by atoms with Gasteiger partial charge in [0.05, 0.1) is 21.8 Å². The molecule has 0 spiro atoms. The van der Waals surface area contributed by atoms with Crippen molar-refractivity contribution in [2.45, 2.75) is 19.6 Å². The van der Waals surface area contributed by atoms with E-state index >= 15 is 0 Å². The summed E-state index contributed by atoms with van der Waals surface area (Å²) in [6.45, 7) is 5.05. The molecule has 1 fully saturated rings. The number of likely N-dealkylation sites (N-methyl/N-ethyl adjacent to an activating group) is 1. The standard InChI is InChI=1S/C33H30ClF3N6O2/c1-20-3-5-21(6-4-20)30-39-27-11-12-38-29(27)32(41-30)45-24-9-10-26(34)28(18-24)40-31(44)22-7-8-23(25(17-22)33(35,36)37)19-43-15-13-42(2)14-16-43/h3-12,17-18,38H,13-16,19H2,1-2H3,(H,40,44). The van der Waals surface area contributed by atoms with Gasteiger partial charge in [-0.2, -0.15) is 18.2 Å². The molecule has 6 rings (SSSR count). The lowest BCUT2D eigenvalue weighted by Gasteiger charge is -2.33. The SMILES string of the molecule is Cc1ccc(-c2nc(Oc3ccc(Cl)c(NC(=O)c4ccc(CN5CCN(C)CC5)c(C(F)(F)F)c4)c3)c3[nH]ccc3n2)cc1. The van der Waals surface area contributed by atoms with E-state index in [-0.39, 0.29) is 34.3 Å². The van der Waals surface area contributed by atoms with Crippen LogP contribution in [0.2, 0.25) is 5.02 Å². The number of nitrogens with zero attached hydrogens (tertiary/aromatic N) is 4. The molecule has 12 heteroatoms. The van der Waals surface area contributed by atoms with Crippen LogP contribution in [0.4, 0.5) is 18.9 Å². The summed E-state index contributed by atoms with van der Waals surface area (Å²) in [5.74, 6) is 0.292. The molecule has 0 radical (unpaired) electrons. The maximum absolute atomic E-state index is 14.1. The van der Waals surface area contributed by atoms with E-state index in [4.69, 9.17) is 16.3 Å². The fourth-order valence-corrected chi connectivity index (χ4v) is 5.32. The normalized spacial score (nSPS) is 14.5. The molecule has 2 aromatic heterocycles. The van der Waals surface area contributed by atoms with E-state index < -0.39 is 17.6 Å². The highest BCUT2D eigenvalue weighted by Gasteiger charge is 2.34. The van der Waals surface area contributed by atoms with Crippen LogP contribution in [0.3, 0.4) is 0 Å². The number of amides is 1. The first-order valence-electron chi connectivity index (χ1n) is 14.4. The van der Waals surface area contributed by atoms with E-state index in [1.165, 1.54) is 24.3 Å². The molecule has 232 valence electrons. The summed E-state index contributed by atoms with van der Waals surface area (Å²) in [4.78, 5) is 29.6. The molecule has 1 aliphatic rings. The van der Waals surface area contributed by atoms with Crippen molar-refractivity contribution in [3.63, 3.8) is 0 Å². The number of aryl methyl sites for hydroxylation is 1. The van der Waals surface area contributed by atoms with Gasteiger partial charge in [0.25, 0.3) is 5.91 Å². The number of piperazine rings is 1. The number of halogens is 4. The number of nitrogens with one attached hydrogen (secondary N) is 2. The minimum atomic E-state index is -4.62. The van der Waals surface area contributed by atoms with Gasteiger partial charge in [-0.15, -0.1) is 0 Å². The van der Waals surface area contributed by atoms with Gasteiger partial charge < -0.3 is 19.9 Å². The Labute approximate surface area is 262 Å². The Hall–Kier alpha value is -4.45. The van der Waals surface area contributed by atoms with E-state index in [1.807, 2.05) is 43.1 Å². The molecule has 8 nitrogen and oxygen atoms in total. The third-order valence-electron chi connectivity index (χ3n) is 7.75. The molecule has 0 saturated carbocycles. The highest BCUT2D eigenvalue weighted by atomic mass is 35.5. The Balaban J connectivity index is 1.24. The minimum absolute atomic E-state index is 0.127. The van der Waals surface area contributed by atoms with Gasteiger partial charge >= 0.3 is 6.18 Å². The smallest absolute Gasteiger partial charge is 0.416 e. The van der Waals surface area contributed by atoms with Gasteiger partial charge in [-0.3, -0.25) is 9.69 Å². The number of carbonyl (C=O) groups is 1. The lowest BCUT2D eigenvalue weighted by molar-refractivity contribution is -0.138. The molecule has 3 heterocycles. The Morgan fingerprint density at radius 2 is 1.76 bits per heavy atom. The van der Waals surface area contributed by atoms with Crippen LogP contribution >= 0.6 is 11.6 Å². The Kier molecular flexibility index (Phi) is 8.50. The number of aromatic amines is 1. The van der Waals surface area contributed by atoms with Crippen LogP contribution in [-0.4, -0.2) is 63.9 Å². The quantitative estimate of drug-likeness (QED) is 0.194. The topological polar surface area (TPSA) is 86.4 Å². The van der Waals surface area contributed by atoms with Crippen molar-refractivity contribution in [2.24, 2.45) is 0 Å². The third-order valence-corrected chi connectivity index (χ3v) is 8.08. The molecule has 1 aliphatic heterocycles. The summed E-state index contributed by atoms with van der Waals surface area (Å²) >= 11 is 6.38. The molecule has 2 N–H and O–H groups in total. The van der Waals surface area contributed by atoms with Crippen molar-refractivity contribution in [3.8, 4) is 23.0 Å². The largest absolute Gasteiger partial charge is 0.437 e. The van der Waals surface area contributed by atoms with Crippen LogP contribution in [0.1, 0.15) is 27.0 Å². The fraction of sp³-hybridized carbons (Fsp3) is 0.242. The second-order valence-electron chi connectivity index (χ2n) is 11.1. The minimum Gasteiger partial charge on any atom is -0.437 e. The predicted octanol–water partition coefficient (Wildman–Crippen LogP) is 7.40. The number of aromatic nitrogens is 3. The lowest BCUT2D eigenvalue weighted by atomic mass is 10.0. The molecule has 0 unspecified atom stereocenters. The van der Waals surface area contributed by atoms with Crippen molar-refractivity contribution in [1.29, 1.82) is 0 Å². The first-order valence-corrected chi connectivity index (χ1v) is 14.7. The Morgan fingerprint density at radius 3 is 2.49 bits per heavy atom. The number of fused-ring (bicyclic) bond motifs is 1. The van der Waals surface area contributed by atoms with Crippen LogP contribution < -0.4 is 10.1 Å². The average molecular weight is 635 g/mol. The van der Waals surface area contributed by atoms with Crippen molar-refractivity contribution < 1.29 is 22.7 Å². The number of benzene rings is 3. The summed E-state index contributed by atoms with van der Waals surface area (Å²) in [6, 6.07) is 17.9. The molecule has 0 aliphatic carbocycles. The van der Waals surface area contributed by atoms with Crippen LogP contribution in [-0.2, 0) is 12.7 Å². The van der Waals surface area contributed by atoms with Crippen LogP contribution in [0.5, 0.6) is 11.6 Å². The Bertz CT molecular complexity index is 1850. The third kappa shape index (κ3) is 6.95. The summed E-state index contributed by atoms with van der Waals surface area (Å²) in [7, 11) is 1.99. The van der Waals surface area contributed by atoms with Crippen molar-refractivity contribution >= 4 is 34.2 Å². The molecule has 45 heavy (non-hydrogen) atoms. The maximum Gasteiger partial charge on any atom is 0.416 e. The van der Waals surface area contributed by atoms with E-state index in [0.29, 0.717) is 35.7 Å². The molecule has 0 atom stereocenters. The molecule has 1 amide bonds. The highest BCUT2D eigenvalue weighted by molar-refractivity contribution is 6.34. The molecule has 0 bridgehead atoms. The zero-order valence-electron chi connectivity index (χ0n) is 24.6. The monoisotopic (exact) mass is 634 g/mol. The second kappa shape index (κ2) is 12.5. The number of carbonyl (C=O) groups excluding carboxylic acids is 1. The van der Waals surface area contributed by atoms with E-state index in [2.05, 4.69) is 25.2 Å². The molecule has 3 aromatic carbocycles. The highest BCUT2D eigenvalue weighted by Crippen LogP contribution is 2.35. The van der Waals surface area contributed by atoms with E-state index in [0.717, 1.165) is 30.3 Å². The number of ether oxygens (including phenoxy) is 1. The summed E-state index contributed by atoms with van der Waals surface area (Å²) in [6.07, 6.45) is -2.90. The van der Waals surface area contributed by atoms with Gasteiger partial charge in [-0.05, 0) is 49.9 Å². The summed E-state index contributed by atoms with van der Waals surface area (Å²) in [5.41, 5.74) is 2.46. The number of alkyl halides is 3. The second-order valence-corrected chi connectivity index (χ2v) is 11.5.